The average molecular weight is 440 g/mol. The Balaban J connectivity index is 1.42. The maximum atomic E-state index is 13.1. The molecule has 0 saturated heterocycles. The Morgan fingerprint density at radius 3 is 2.44 bits per heavy atom. The van der Waals surface area contributed by atoms with Crippen molar-refractivity contribution in [2.24, 2.45) is 0 Å². The van der Waals surface area contributed by atoms with Crippen LogP contribution in [0.4, 0.5) is 29.3 Å². The van der Waals surface area contributed by atoms with Gasteiger partial charge in [0.05, 0.1) is 10.9 Å². The maximum Gasteiger partial charge on any atom is 0.417 e. The molecule has 2 amide bonds. The smallest absolute Gasteiger partial charge is 0.417 e. The van der Waals surface area contributed by atoms with Crippen LogP contribution in [0.25, 0.3) is 11.0 Å². The summed E-state index contributed by atoms with van der Waals surface area (Å²) in [4.78, 5) is 30.2. The molecule has 32 heavy (non-hydrogen) atoms. The van der Waals surface area contributed by atoms with E-state index in [0.29, 0.717) is 28.9 Å². The van der Waals surface area contributed by atoms with Crippen molar-refractivity contribution >= 4 is 34.7 Å². The highest BCUT2D eigenvalue weighted by Gasteiger charge is 2.33. The van der Waals surface area contributed by atoms with E-state index in [2.05, 4.69) is 20.6 Å². The molecule has 4 rings (SSSR count). The lowest BCUT2D eigenvalue weighted by Crippen LogP contribution is -2.20. The fraction of sp³-hybridized carbons (Fsp3) is 0.0455. The number of ether oxygens (including phenoxy) is 1. The van der Waals surface area contributed by atoms with Crippen LogP contribution in [0.15, 0.2) is 67.0 Å². The molecular weight excluding hydrogens is 425 g/mol. The van der Waals surface area contributed by atoms with Crippen molar-refractivity contribution in [1.29, 1.82) is 0 Å². The molecule has 2 heterocycles. The molecule has 0 aliphatic rings. The highest BCUT2D eigenvalue weighted by molar-refractivity contribution is 6.00. The molecule has 0 unspecified atom stereocenters. The minimum absolute atomic E-state index is 0.103. The molecule has 7 nitrogen and oxygen atoms in total. The first-order valence-corrected chi connectivity index (χ1v) is 9.28. The number of H-pyrrole nitrogens is 1. The first-order valence-electron chi connectivity index (χ1n) is 9.28. The number of anilines is 2. The Kier molecular flexibility index (Phi) is 5.50. The SMILES string of the molecule is O=Cc1ccc(NC(=O)Nc2ccc(Oc3ccnc4[nH]ccc34)cc2)cc1C(F)(F)F. The van der Waals surface area contributed by atoms with Gasteiger partial charge in [0.1, 0.15) is 17.1 Å². The van der Waals surface area contributed by atoms with Gasteiger partial charge in [0.15, 0.2) is 6.29 Å². The summed E-state index contributed by atoms with van der Waals surface area (Å²) in [6, 6.07) is 12.2. The van der Waals surface area contributed by atoms with E-state index in [0.717, 1.165) is 11.5 Å². The Morgan fingerprint density at radius 2 is 1.72 bits per heavy atom. The molecule has 0 radical (unpaired) electrons. The number of aldehydes is 1. The van der Waals surface area contributed by atoms with Crippen LogP contribution in [0.1, 0.15) is 15.9 Å². The Bertz CT molecular complexity index is 1280. The molecule has 0 aliphatic carbocycles. The number of fused-ring (bicyclic) bond motifs is 1. The van der Waals surface area contributed by atoms with Gasteiger partial charge >= 0.3 is 12.2 Å². The highest BCUT2D eigenvalue weighted by Crippen LogP contribution is 2.33. The molecule has 2 aromatic heterocycles. The number of alkyl halides is 3. The second-order valence-electron chi connectivity index (χ2n) is 6.67. The molecule has 0 aliphatic heterocycles. The third-order valence-electron chi connectivity index (χ3n) is 4.50. The van der Waals surface area contributed by atoms with Crippen molar-refractivity contribution < 1.29 is 27.5 Å². The molecule has 0 fully saturated rings. The van der Waals surface area contributed by atoms with E-state index in [1.165, 1.54) is 6.07 Å². The van der Waals surface area contributed by atoms with Gasteiger partial charge in [-0.2, -0.15) is 13.2 Å². The minimum atomic E-state index is -4.72. The van der Waals surface area contributed by atoms with Crippen molar-refractivity contribution in [2.75, 3.05) is 10.6 Å². The van der Waals surface area contributed by atoms with Gasteiger partial charge in [0.25, 0.3) is 0 Å². The van der Waals surface area contributed by atoms with Crippen LogP contribution in [-0.4, -0.2) is 22.3 Å². The van der Waals surface area contributed by atoms with Crippen LogP contribution < -0.4 is 15.4 Å². The number of pyridine rings is 1. The number of benzene rings is 2. The van der Waals surface area contributed by atoms with E-state index in [4.69, 9.17) is 4.74 Å². The number of carbonyl (C=O) groups is 2. The van der Waals surface area contributed by atoms with Crippen molar-refractivity contribution in [3.05, 3.63) is 78.1 Å². The van der Waals surface area contributed by atoms with Gasteiger partial charge in [-0.25, -0.2) is 9.78 Å². The van der Waals surface area contributed by atoms with E-state index >= 15 is 0 Å². The number of rotatable bonds is 5. The quantitative estimate of drug-likeness (QED) is 0.340. The third kappa shape index (κ3) is 4.53. The van der Waals surface area contributed by atoms with E-state index in [-0.39, 0.29) is 12.0 Å². The number of halogens is 3. The molecule has 0 atom stereocenters. The molecule has 0 spiro atoms. The number of amides is 2. The molecule has 3 N–H and O–H groups in total. The lowest BCUT2D eigenvalue weighted by molar-refractivity contribution is -0.137. The molecule has 2 aromatic carbocycles. The van der Waals surface area contributed by atoms with Gasteiger partial charge in [0.2, 0.25) is 0 Å². The molecule has 0 saturated carbocycles. The third-order valence-corrected chi connectivity index (χ3v) is 4.50. The van der Waals surface area contributed by atoms with Gasteiger partial charge in [-0.05, 0) is 54.6 Å². The fourth-order valence-corrected chi connectivity index (χ4v) is 3.03. The summed E-state index contributed by atoms with van der Waals surface area (Å²) >= 11 is 0. The zero-order valence-electron chi connectivity index (χ0n) is 16.2. The predicted molar refractivity (Wildman–Crippen MR) is 112 cm³/mol. The lowest BCUT2D eigenvalue weighted by atomic mass is 10.1. The van der Waals surface area contributed by atoms with Gasteiger partial charge in [-0.15, -0.1) is 0 Å². The van der Waals surface area contributed by atoms with Gasteiger partial charge < -0.3 is 20.4 Å². The fourth-order valence-electron chi connectivity index (χ4n) is 3.03. The predicted octanol–water partition coefficient (Wildman–Crippen LogP) is 5.83. The van der Waals surface area contributed by atoms with Crippen molar-refractivity contribution in [1.82, 2.24) is 9.97 Å². The van der Waals surface area contributed by atoms with Crippen molar-refractivity contribution in [3.63, 3.8) is 0 Å². The van der Waals surface area contributed by atoms with E-state index in [1.54, 1.807) is 42.7 Å². The van der Waals surface area contributed by atoms with Crippen molar-refractivity contribution in [3.8, 4) is 11.5 Å². The maximum absolute atomic E-state index is 13.1. The second-order valence-corrected chi connectivity index (χ2v) is 6.67. The highest BCUT2D eigenvalue weighted by atomic mass is 19.4. The number of carbonyl (C=O) groups excluding carboxylic acids is 2. The molecule has 162 valence electrons. The molecular formula is C22H15F3N4O3. The zero-order valence-corrected chi connectivity index (χ0v) is 16.2. The first-order chi connectivity index (χ1) is 15.3. The van der Waals surface area contributed by atoms with Crippen LogP contribution >= 0.6 is 0 Å². The van der Waals surface area contributed by atoms with Crippen LogP contribution in [0, 0.1) is 0 Å². The summed E-state index contributed by atoms with van der Waals surface area (Å²) in [5.41, 5.74) is -0.651. The number of aromatic nitrogens is 2. The van der Waals surface area contributed by atoms with E-state index in [1.807, 2.05) is 6.07 Å². The van der Waals surface area contributed by atoms with Crippen LogP contribution in [0.3, 0.4) is 0 Å². The van der Waals surface area contributed by atoms with Crippen LogP contribution in [0.5, 0.6) is 11.5 Å². The van der Waals surface area contributed by atoms with E-state index < -0.39 is 23.3 Å². The summed E-state index contributed by atoms with van der Waals surface area (Å²) in [6.45, 7) is 0. The normalized spacial score (nSPS) is 11.2. The lowest BCUT2D eigenvalue weighted by Gasteiger charge is -2.13. The Hall–Kier alpha value is -4.34. The van der Waals surface area contributed by atoms with Crippen LogP contribution in [-0.2, 0) is 6.18 Å². The van der Waals surface area contributed by atoms with Crippen molar-refractivity contribution in [2.45, 2.75) is 6.18 Å². The number of urea groups is 1. The summed E-state index contributed by atoms with van der Waals surface area (Å²) in [5.74, 6) is 1.12. The largest absolute Gasteiger partial charge is 0.457 e. The number of nitrogens with zero attached hydrogens (tertiary/aromatic N) is 1. The summed E-state index contributed by atoms with van der Waals surface area (Å²) in [5, 5.41) is 5.65. The molecule has 0 bridgehead atoms. The number of hydrogen-bond donors (Lipinski definition) is 3. The van der Waals surface area contributed by atoms with Crippen LogP contribution in [0.2, 0.25) is 0 Å². The first kappa shape index (κ1) is 20.9. The molecule has 10 heteroatoms. The Morgan fingerprint density at radius 1 is 1.00 bits per heavy atom. The number of nitrogens with one attached hydrogen (secondary N) is 3. The van der Waals surface area contributed by atoms with Gasteiger partial charge in [-0.1, -0.05) is 0 Å². The average Bonchev–Trinajstić information content (AvgIpc) is 3.24. The monoisotopic (exact) mass is 440 g/mol. The topological polar surface area (TPSA) is 96.1 Å². The van der Waals surface area contributed by atoms with Gasteiger partial charge in [0, 0.05) is 29.3 Å². The number of hydrogen-bond acceptors (Lipinski definition) is 4. The summed E-state index contributed by atoms with van der Waals surface area (Å²) < 4.78 is 45.0. The summed E-state index contributed by atoms with van der Waals surface area (Å²) in [6.07, 6.45) is -1.25. The Labute approximate surface area is 179 Å². The minimum Gasteiger partial charge on any atom is -0.457 e. The number of aromatic amines is 1. The second kappa shape index (κ2) is 8.42. The summed E-state index contributed by atoms with van der Waals surface area (Å²) in [7, 11) is 0. The van der Waals surface area contributed by atoms with E-state index in [9.17, 15) is 22.8 Å². The van der Waals surface area contributed by atoms with Gasteiger partial charge in [-0.3, -0.25) is 4.79 Å². The zero-order chi connectivity index (χ0) is 22.7. The standard InChI is InChI=1S/C22H15F3N4O3/c23-22(24,25)18-11-15(2-1-13(18)12-30)29-21(31)28-14-3-5-16(6-4-14)32-19-8-10-27-20-17(19)7-9-26-20/h1-12H,(H,26,27)(H2,28,29,31). The molecule has 4 aromatic rings.